The molecule has 0 unspecified atom stereocenters. The number of halogens is 1. The van der Waals surface area contributed by atoms with Gasteiger partial charge in [0.1, 0.15) is 12.4 Å². The monoisotopic (exact) mass is 315 g/mol. The van der Waals surface area contributed by atoms with Crippen LogP contribution >= 0.6 is 27.9 Å². The van der Waals surface area contributed by atoms with Crippen molar-refractivity contribution in [2.45, 2.75) is 20.3 Å². The highest BCUT2D eigenvalue weighted by atomic mass is 79.9. The van der Waals surface area contributed by atoms with Crippen LogP contribution in [0.2, 0.25) is 0 Å². The lowest BCUT2D eigenvalue weighted by molar-refractivity contribution is 0.285. The van der Waals surface area contributed by atoms with Crippen molar-refractivity contribution in [2.75, 3.05) is 25.4 Å². The molecule has 0 saturated carbocycles. The van der Waals surface area contributed by atoms with E-state index in [0.717, 1.165) is 18.9 Å². The van der Waals surface area contributed by atoms with Crippen LogP contribution in [0.1, 0.15) is 17.5 Å². The van der Waals surface area contributed by atoms with Crippen molar-refractivity contribution >= 4 is 27.9 Å². The van der Waals surface area contributed by atoms with E-state index in [9.17, 15) is 0 Å². The fourth-order valence-electron chi connectivity index (χ4n) is 1.93. The summed E-state index contributed by atoms with van der Waals surface area (Å²) in [6.45, 7) is 7.18. The van der Waals surface area contributed by atoms with Gasteiger partial charge in [-0.15, -0.1) is 0 Å². The molecule has 1 aromatic rings. The Morgan fingerprint density at radius 1 is 1.35 bits per heavy atom. The molecule has 94 valence electrons. The van der Waals surface area contributed by atoms with Gasteiger partial charge in [0.15, 0.2) is 0 Å². The minimum atomic E-state index is 0.771. The molecule has 1 aromatic carbocycles. The summed E-state index contributed by atoms with van der Waals surface area (Å²) in [5.74, 6) is 2.24. The third-order valence-corrected chi connectivity index (χ3v) is 5.30. The summed E-state index contributed by atoms with van der Waals surface area (Å²) < 4.78 is 9.38. The number of hydrogen-bond acceptors (Lipinski definition) is 3. The molecule has 0 radical (unpaired) electrons. The number of ether oxygens (including phenoxy) is 1. The van der Waals surface area contributed by atoms with E-state index < -0.39 is 0 Å². The number of aryl methyl sites for hydroxylation is 2. The molecule has 1 fully saturated rings. The Labute approximate surface area is 116 Å². The Kier molecular flexibility index (Phi) is 4.77. The molecular weight excluding hydrogens is 298 g/mol. The SMILES string of the molecule is Cc1cc(OCCN2CCCS2)cc(C)c1Br. The van der Waals surface area contributed by atoms with Crippen LogP contribution in [-0.2, 0) is 0 Å². The van der Waals surface area contributed by atoms with Crippen LogP contribution in [0, 0.1) is 13.8 Å². The summed E-state index contributed by atoms with van der Waals surface area (Å²) in [5.41, 5.74) is 2.46. The van der Waals surface area contributed by atoms with E-state index in [1.165, 1.54) is 34.3 Å². The first-order valence-corrected chi connectivity index (χ1v) is 7.68. The van der Waals surface area contributed by atoms with E-state index in [-0.39, 0.29) is 0 Å². The normalized spacial score (nSPS) is 16.4. The second-order valence-corrected chi connectivity index (χ2v) is 6.31. The van der Waals surface area contributed by atoms with Gasteiger partial charge < -0.3 is 4.74 Å². The van der Waals surface area contributed by atoms with Crippen LogP contribution in [-0.4, -0.2) is 29.8 Å². The van der Waals surface area contributed by atoms with E-state index in [2.05, 4.69) is 46.2 Å². The van der Waals surface area contributed by atoms with Crippen LogP contribution in [0.5, 0.6) is 5.75 Å². The van der Waals surface area contributed by atoms with Gasteiger partial charge in [-0.25, -0.2) is 4.31 Å². The van der Waals surface area contributed by atoms with Crippen LogP contribution in [0.4, 0.5) is 0 Å². The highest BCUT2D eigenvalue weighted by molar-refractivity contribution is 9.10. The zero-order chi connectivity index (χ0) is 12.3. The van der Waals surface area contributed by atoms with Gasteiger partial charge in [-0.2, -0.15) is 0 Å². The third kappa shape index (κ3) is 3.63. The maximum absolute atomic E-state index is 5.81. The number of hydrogen-bond donors (Lipinski definition) is 0. The van der Waals surface area contributed by atoms with E-state index in [1.54, 1.807) is 0 Å². The third-order valence-electron chi connectivity index (χ3n) is 2.85. The van der Waals surface area contributed by atoms with Gasteiger partial charge >= 0.3 is 0 Å². The van der Waals surface area contributed by atoms with Gasteiger partial charge in [0.25, 0.3) is 0 Å². The summed E-state index contributed by atoms with van der Waals surface area (Å²) in [4.78, 5) is 0. The van der Waals surface area contributed by atoms with E-state index in [1.807, 2.05) is 11.9 Å². The summed E-state index contributed by atoms with van der Waals surface area (Å²) in [5, 5.41) is 0. The van der Waals surface area contributed by atoms with Crippen LogP contribution in [0.3, 0.4) is 0 Å². The van der Waals surface area contributed by atoms with E-state index in [4.69, 9.17) is 4.74 Å². The van der Waals surface area contributed by atoms with Crippen molar-refractivity contribution in [3.8, 4) is 5.75 Å². The fourth-order valence-corrected chi connectivity index (χ4v) is 3.14. The van der Waals surface area contributed by atoms with Gasteiger partial charge in [0.05, 0.1) is 0 Å². The molecule has 2 rings (SSSR count). The largest absolute Gasteiger partial charge is 0.492 e. The Morgan fingerprint density at radius 3 is 2.65 bits per heavy atom. The second kappa shape index (κ2) is 6.12. The number of benzene rings is 1. The summed E-state index contributed by atoms with van der Waals surface area (Å²) in [6.07, 6.45) is 1.31. The minimum Gasteiger partial charge on any atom is -0.492 e. The van der Waals surface area contributed by atoms with Crippen LogP contribution in [0.25, 0.3) is 0 Å². The van der Waals surface area contributed by atoms with E-state index in [0.29, 0.717) is 0 Å². The maximum atomic E-state index is 5.81. The molecule has 1 aliphatic heterocycles. The molecule has 0 spiro atoms. The van der Waals surface area contributed by atoms with Crippen molar-refractivity contribution in [1.29, 1.82) is 0 Å². The zero-order valence-electron chi connectivity index (χ0n) is 10.3. The molecule has 1 saturated heterocycles. The molecule has 2 nitrogen and oxygen atoms in total. The van der Waals surface area contributed by atoms with Gasteiger partial charge in [0.2, 0.25) is 0 Å². The highest BCUT2D eigenvalue weighted by Gasteiger charge is 2.12. The molecule has 4 heteroatoms. The first-order chi connectivity index (χ1) is 8.16. The topological polar surface area (TPSA) is 12.5 Å². The summed E-state index contributed by atoms with van der Waals surface area (Å²) in [6, 6.07) is 4.18. The zero-order valence-corrected chi connectivity index (χ0v) is 12.7. The Bertz CT molecular complexity index is 368. The summed E-state index contributed by atoms with van der Waals surface area (Å²) in [7, 11) is 0. The molecule has 0 bridgehead atoms. The molecule has 17 heavy (non-hydrogen) atoms. The predicted molar refractivity (Wildman–Crippen MR) is 77.8 cm³/mol. The van der Waals surface area contributed by atoms with Crippen molar-refractivity contribution in [1.82, 2.24) is 4.31 Å². The Hall–Kier alpha value is -0.190. The predicted octanol–water partition coefficient (Wildman–Crippen LogP) is 3.80. The molecule has 0 atom stereocenters. The van der Waals surface area contributed by atoms with Gasteiger partial charge in [0, 0.05) is 23.3 Å². The van der Waals surface area contributed by atoms with Crippen molar-refractivity contribution in [2.24, 2.45) is 0 Å². The van der Waals surface area contributed by atoms with Crippen molar-refractivity contribution < 1.29 is 4.74 Å². The van der Waals surface area contributed by atoms with Crippen molar-refractivity contribution in [3.05, 3.63) is 27.7 Å². The highest BCUT2D eigenvalue weighted by Crippen LogP contribution is 2.26. The smallest absolute Gasteiger partial charge is 0.119 e. The molecule has 0 aliphatic carbocycles. The molecule has 0 aromatic heterocycles. The standard InChI is InChI=1S/C13H18BrNOS/c1-10-8-12(9-11(2)13(10)14)16-6-5-15-4-3-7-17-15/h8-9H,3-7H2,1-2H3. The Balaban J connectivity index is 1.86. The minimum absolute atomic E-state index is 0.771. The average Bonchev–Trinajstić information content (AvgIpc) is 2.79. The van der Waals surface area contributed by atoms with Gasteiger partial charge in [-0.3, -0.25) is 0 Å². The lowest BCUT2D eigenvalue weighted by Gasteiger charge is -2.14. The second-order valence-electron chi connectivity index (χ2n) is 4.34. The molecule has 0 amide bonds. The fraction of sp³-hybridized carbons (Fsp3) is 0.538. The average molecular weight is 316 g/mol. The molecule has 1 heterocycles. The van der Waals surface area contributed by atoms with Crippen molar-refractivity contribution in [3.63, 3.8) is 0 Å². The first kappa shape index (κ1) is 13.2. The van der Waals surface area contributed by atoms with Gasteiger partial charge in [-0.1, -0.05) is 27.9 Å². The van der Waals surface area contributed by atoms with Crippen LogP contribution < -0.4 is 4.74 Å². The summed E-state index contributed by atoms with van der Waals surface area (Å²) >= 11 is 5.50. The lowest BCUT2D eigenvalue weighted by Crippen LogP contribution is -2.19. The molecular formula is C13H18BrNOS. The van der Waals surface area contributed by atoms with Crippen LogP contribution in [0.15, 0.2) is 16.6 Å². The number of rotatable bonds is 4. The Morgan fingerprint density at radius 2 is 2.06 bits per heavy atom. The molecule has 0 N–H and O–H groups in total. The van der Waals surface area contributed by atoms with Gasteiger partial charge in [-0.05, 0) is 43.5 Å². The lowest BCUT2D eigenvalue weighted by atomic mass is 10.1. The molecule has 1 aliphatic rings. The number of nitrogens with zero attached hydrogens (tertiary/aromatic N) is 1. The quantitative estimate of drug-likeness (QED) is 0.784. The van der Waals surface area contributed by atoms with E-state index >= 15 is 0 Å². The first-order valence-electron chi connectivity index (χ1n) is 5.94. The maximum Gasteiger partial charge on any atom is 0.119 e.